The van der Waals surface area contributed by atoms with Crippen LogP contribution in [0.15, 0.2) is 18.3 Å². The summed E-state index contributed by atoms with van der Waals surface area (Å²) in [4.78, 5) is 4.25. The van der Waals surface area contributed by atoms with E-state index in [1.54, 1.807) is 6.20 Å². The van der Waals surface area contributed by atoms with Gasteiger partial charge in [-0.2, -0.15) is 0 Å². The lowest BCUT2D eigenvalue weighted by Crippen LogP contribution is -2.37. The van der Waals surface area contributed by atoms with E-state index in [2.05, 4.69) is 38.0 Å². The number of ether oxygens (including phenoxy) is 1. The summed E-state index contributed by atoms with van der Waals surface area (Å²) in [5.41, 5.74) is 0.951. The fourth-order valence-corrected chi connectivity index (χ4v) is 1.68. The summed E-state index contributed by atoms with van der Waals surface area (Å²) >= 11 is 0. The third-order valence-electron chi connectivity index (χ3n) is 2.88. The lowest BCUT2D eigenvalue weighted by atomic mass is 10.1. The number of nitrogens with one attached hydrogen (secondary N) is 1. The summed E-state index contributed by atoms with van der Waals surface area (Å²) in [6.45, 7) is 12.7. The van der Waals surface area contributed by atoms with Crippen LogP contribution in [0.4, 0.5) is 0 Å². The quantitative estimate of drug-likeness (QED) is 0.807. The van der Waals surface area contributed by atoms with E-state index >= 15 is 0 Å². The molecule has 1 atom stereocenters. The van der Waals surface area contributed by atoms with Crippen LogP contribution in [-0.4, -0.2) is 24.2 Å². The minimum atomic E-state index is 0.187. The first-order valence-corrected chi connectivity index (χ1v) is 6.79. The Bertz CT molecular complexity index is 350. The van der Waals surface area contributed by atoms with Crippen LogP contribution in [0.3, 0.4) is 0 Å². The minimum Gasteiger partial charge on any atom is -0.487 e. The van der Waals surface area contributed by atoms with E-state index < -0.39 is 0 Å². The molecule has 0 aliphatic carbocycles. The van der Waals surface area contributed by atoms with E-state index in [1.165, 1.54) is 0 Å². The van der Waals surface area contributed by atoms with Crippen LogP contribution in [-0.2, 0) is 0 Å². The minimum absolute atomic E-state index is 0.187. The molecule has 0 aliphatic heterocycles. The third kappa shape index (κ3) is 5.05. The predicted octanol–water partition coefficient (Wildman–Crippen LogP) is 3.04. The molecule has 0 aromatic carbocycles. The van der Waals surface area contributed by atoms with E-state index in [0.29, 0.717) is 11.8 Å². The average Bonchev–Trinajstić information content (AvgIpc) is 2.29. The molecule has 1 unspecified atom stereocenters. The van der Waals surface area contributed by atoms with E-state index in [0.717, 1.165) is 24.5 Å². The second-order valence-corrected chi connectivity index (χ2v) is 5.54. The molecule has 0 radical (unpaired) electrons. The predicted molar refractivity (Wildman–Crippen MR) is 75.9 cm³/mol. The Morgan fingerprint density at radius 1 is 1.22 bits per heavy atom. The molecule has 1 rings (SSSR count). The number of rotatable bonds is 7. The van der Waals surface area contributed by atoms with Gasteiger partial charge in [0.15, 0.2) is 0 Å². The van der Waals surface area contributed by atoms with Crippen LogP contribution in [0, 0.1) is 18.8 Å². The van der Waals surface area contributed by atoms with Crippen molar-refractivity contribution in [3.8, 4) is 5.75 Å². The van der Waals surface area contributed by atoms with Crippen molar-refractivity contribution in [3.05, 3.63) is 24.0 Å². The maximum Gasteiger partial charge on any atom is 0.140 e. The molecule has 18 heavy (non-hydrogen) atoms. The first-order valence-electron chi connectivity index (χ1n) is 6.79. The van der Waals surface area contributed by atoms with Crippen molar-refractivity contribution in [2.75, 3.05) is 13.1 Å². The lowest BCUT2D eigenvalue weighted by molar-refractivity contribution is 0.146. The standard InChI is InChI=1S/C15H26N2O/c1-11(2)9-16-10-15(12(3)4)18-14-7-6-8-17-13(14)5/h6-8,11-12,15-16H,9-10H2,1-5H3. The van der Waals surface area contributed by atoms with Gasteiger partial charge in [-0.05, 0) is 37.4 Å². The van der Waals surface area contributed by atoms with Crippen molar-refractivity contribution in [1.29, 1.82) is 0 Å². The van der Waals surface area contributed by atoms with Gasteiger partial charge in [0, 0.05) is 12.7 Å². The molecule has 0 spiro atoms. The van der Waals surface area contributed by atoms with E-state index in [4.69, 9.17) is 4.74 Å². The van der Waals surface area contributed by atoms with Crippen molar-refractivity contribution >= 4 is 0 Å². The molecule has 1 aromatic heterocycles. The SMILES string of the molecule is Cc1ncccc1OC(CNCC(C)C)C(C)C. The highest BCUT2D eigenvalue weighted by molar-refractivity contribution is 5.25. The zero-order chi connectivity index (χ0) is 13.5. The molecule has 0 bridgehead atoms. The molecule has 3 heteroatoms. The van der Waals surface area contributed by atoms with Gasteiger partial charge in [0.2, 0.25) is 0 Å². The van der Waals surface area contributed by atoms with Crippen LogP contribution in [0.1, 0.15) is 33.4 Å². The van der Waals surface area contributed by atoms with Crippen molar-refractivity contribution in [2.45, 2.75) is 40.7 Å². The molecule has 3 nitrogen and oxygen atoms in total. The van der Waals surface area contributed by atoms with Crippen LogP contribution >= 0.6 is 0 Å². The van der Waals surface area contributed by atoms with Gasteiger partial charge < -0.3 is 10.1 Å². The first kappa shape index (κ1) is 15.0. The molecule has 0 fully saturated rings. The van der Waals surface area contributed by atoms with Crippen molar-refractivity contribution in [3.63, 3.8) is 0 Å². The highest BCUT2D eigenvalue weighted by Gasteiger charge is 2.16. The number of aromatic nitrogens is 1. The Hall–Kier alpha value is -1.09. The van der Waals surface area contributed by atoms with Crippen LogP contribution in [0.25, 0.3) is 0 Å². The van der Waals surface area contributed by atoms with Crippen molar-refractivity contribution < 1.29 is 4.74 Å². The number of aryl methyl sites for hydroxylation is 1. The van der Waals surface area contributed by atoms with Gasteiger partial charge in [-0.25, -0.2) is 0 Å². The van der Waals surface area contributed by atoms with Crippen LogP contribution in [0.5, 0.6) is 5.75 Å². The molecule has 0 amide bonds. The van der Waals surface area contributed by atoms with Gasteiger partial charge in [0.25, 0.3) is 0 Å². The average molecular weight is 250 g/mol. The summed E-state index contributed by atoms with van der Waals surface area (Å²) in [5, 5.41) is 3.46. The molecule has 1 N–H and O–H groups in total. The number of hydrogen-bond donors (Lipinski definition) is 1. The van der Waals surface area contributed by atoms with E-state index in [1.807, 2.05) is 19.1 Å². The molecule has 0 saturated heterocycles. The van der Waals surface area contributed by atoms with Gasteiger partial charge >= 0.3 is 0 Å². The fourth-order valence-electron chi connectivity index (χ4n) is 1.68. The Morgan fingerprint density at radius 3 is 2.50 bits per heavy atom. The van der Waals surface area contributed by atoms with Gasteiger partial charge in [0.1, 0.15) is 11.9 Å². The summed E-state index contributed by atoms with van der Waals surface area (Å²) in [7, 11) is 0. The van der Waals surface area contributed by atoms with E-state index in [-0.39, 0.29) is 6.10 Å². The zero-order valence-electron chi connectivity index (χ0n) is 12.2. The molecule has 1 heterocycles. The maximum absolute atomic E-state index is 6.06. The summed E-state index contributed by atoms with van der Waals surface area (Å²) in [6, 6.07) is 3.90. The largest absolute Gasteiger partial charge is 0.487 e. The number of pyridine rings is 1. The smallest absolute Gasteiger partial charge is 0.140 e. The monoisotopic (exact) mass is 250 g/mol. The van der Waals surface area contributed by atoms with Crippen LogP contribution < -0.4 is 10.1 Å². The summed E-state index contributed by atoms with van der Waals surface area (Å²) < 4.78 is 6.06. The topological polar surface area (TPSA) is 34.1 Å². The van der Waals surface area contributed by atoms with Crippen molar-refractivity contribution in [2.24, 2.45) is 11.8 Å². The second kappa shape index (κ2) is 7.37. The summed E-state index contributed by atoms with van der Waals surface area (Å²) in [5.74, 6) is 2.03. The van der Waals surface area contributed by atoms with Gasteiger partial charge in [-0.1, -0.05) is 27.7 Å². The highest BCUT2D eigenvalue weighted by Crippen LogP contribution is 2.18. The number of nitrogens with zero attached hydrogens (tertiary/aromatic N) is 1. The maximum atomic E-state index is 6.06. The zero-order valence-corrected chi connectivity index (χ0v) is 12.2. The summed E-state index contributed by atoms with van der Waals surface area (Å²) in [6.07, 6.45) is 1.98. The fraction of sp³-hybridized carbons (Fsp3) is 0.667. The van der Waals surface area contributed by atoms with Crippen molar-refractivity contribution in [1.82, 2.24) is 10.3 Å². The molecule has 1 aromatic rings. The molecular formula is C15H26N2O. The Labute approximate surface area is 111 Å². The third-order valence-corrected chi connectivity index (χ3v) is 2.88. The Morgan fingerprint density at radius 2 is 1.94 bits per heavy atom. The highest BCUT2D eigenvalue weighted by atomic mass is 16.5. The first-order chi connectivity index (χ1) is 8.50. The normalized spacial score (nSPS) is 13.1. The Kier molecular flexibility index (Phi) is 6.13. The number of hydrogen-bond acceptors (Lipinski definition) is 3. The van der Waals surface area contributed by atoms with Gasteiger partial charge in [0.05, 0.1) is 5.69 Å². The van der Waals surface area contributed by atoms with Crippen LogP contribution in [0.2, 0.25) is 0 Å². The molecule has 102 valence electrons. The van der Waals surface area contributed by atoms with Gasteiger partial charge in [-0.15, -0.1) is 0 Å². The Balaban J connectivity index is 2.55. The van der Waals surface area contributed by atoms with Gasteiger partial charge in [-0.3, -0.25) is 4.98 Å². The molecule has 0 aliphatic rings. The lowest BCUT2D eigenvalue weighted by Gasteiger charge is -2.24. The second-order valence-electron chi connectivity index (χ2n) is 5.54. The molecule has 0 saturated carbocycles. The van der Waals surface area contributed by atoms with E-state index in [9.17, 15) is 0 Å². The molecular weight excluding hydrogens is 224 g/mol.